The zero-order valence-corrected chi connectivity index (χ0v) is 14.4. The van der Waals surface area contributed by atoms with Crippen molar-refractivity contribution in [3.05, 3.63) is 54.1 Å². The van der Waals surface area contributed by atoms with Crippen LogP contribution < -0.4 is 4.90 Å². The monoisotopic (exact) mass is 347 g/mol. The van der Waals surface area contributed by atoms with E-state index in [0.29, 0.717) is 12.1 Å². The Morgan fingerprint density at radius 3 is 2.70 bits per heavy atom. The van der Waals surface area contributed by atoms with Gasteiger partial charge in [0.25, 0.3) is 5.91 Å². The van der Waals surface area contributed by atoms with Crippen molar-refractivity contribution in [2.24, 2.45) is 0 Å². The molecular formula is C17H17NO3S2. The zero-order chi connectivity index (χ0) is 16.4. The van der Waals surface area contributed by atoms with Crippen LogP contribution in [-0.2, 0) is 9.84 Å². The second-order valence-corrected chi connectivity index (χ2v) is 8.58. The first-order valence-electron chi connectivity index (χ1n) is 7.30. The summed E-state index contributed by atoms with van der Waals surface area (Å²) < 4.78 is 23.4. The molecule has 1 aliphatic rings. The Kier molecular flexibility index (Phi) is 4.46. The molecule has 23 heavy (non-hydrogen) atoms. The predicted molar refractivity (Wildman–Crippen MR) is 93.0 cm³/mol. The van der Waals surface area contributed by atoms with E-state index in [2.05, 4.69) is 0 Å². The lowest BCUT2D eigenvalue weighted by atomic mass is 10.1. The zero-order valence-electron chi connectivity index (χ0n) is 12.7. The Labute approximate surface area is 140 Å². The highest BCUT2D eigenvalue weighted by atomic mass is 32.2. The third-order valence-corrected chi connectivity index (χ3v) is 5.95. The number of amides is 1. The molecule has 4 nitrogen and oxygen atoms in total. The number of hydrogen-bond acceptors (Lipinski definition) is 4. The minimum absolute atomic E-state index is 0.162. The maximum Gasteiger partial charge on any atom is 0.258 e. The van der Waals surface area contributed by atoms with E-state index >= 15 is 0 Å². The number of sulfone groups is 1. The molecule has 2 aromatic rings. The number of benzene rings is 2. The molecule has 2 aromatic carbocycles. The number of anilines is 1. The molecule has 0 aliphatic carbocycles. The molecule has 0 N–H and O–H groups in total. The lowest BCUT2D eigenvalue weighted by Gasteiger charge is -2.22. The van der Waals surface area contributed by atoms with Gasteiger partial charge in [0.2, 0.25) is 0 Å². The summed E-state index contributed by atoms with van der Waals surface area (Å²) in [6.45, 7) is 0.631. The van der Waals surface area contributed by atoms with Crippen LogP contribution in [0.2, 0.25) is 0 Å². The minimum Gasteiger partial charge on any atom is -0.307 e. The van der Waals surface area contributed by atoms with Crippen LogP contribution in [0.4, 0.5) is 5.69 Å². The number of rotatable bonds is 2. The van der Waals surface area contributed by atoms with E-state index in [1.807, 2.05) is 24.3 Å². The van der Waals surface area contributed by atoms with Gasteiger partial charge in [-0.25, -0.2) is 8.42 Å². The highest BCUT2D eigenvalue weighted by Gasteiger charge is 2.23. The average Bonchev–Trinajstić information content (AvgIpc) is 2.76. The molecule has 1 heterocycles. The van der Waals surface area contributed by atoms with E-state index in [1.165, 1.54) is 12.1 Å². The Bertz CT molecular complexity index is 846. The van der Waals surface area contributed by atoms with Gasteiger partial charge < -0.3 is 4.90 Å². The van der Waals surface area contributed by atoms with Gasteiger partial charge in [0.05, 0.1) is 10.6 Å². The quantitative estimate of drug-likeness (QED) is 0.837. The maximum atomic E-state index is 12.9. The molecule has 120 valence electrons. The summed E-state index contributed by atoms with van der Waals surface area (Å²) in [7, 11) is -3.33. The number of carbonyl (C=O) groups is 1. The molecule has 0 unspecified atom stereocenters. The maximum absolute atomic E-state index is 12.9. The molecule has 6 heteroatoms. The molecule has 1 amide bonds. The van der Waals surface area contributed by atoms with Crippen molar-refractivity contribution in [1.82, 2.24) is 0 Å². The summed E-state index contributed by atoms with van der Waals surface area (Å²) in [6.07, 6.45) is 2.05. The Hall–Kier alpha value is -1.79. The molecule has 0 bridgehead atoms. The number of para-hydroxylation sites is 1. The molecule has 0 saturated carbocycles. The van der Waals surface area contributed by atoms with Crippen molar-refractivity contribution in [3.63, 3.8) is 0 Å². The standard InChI is InChI=1S/C17H17NO3S2/c1-23(20,21)14-7-4-6-13(12-14)17(19)18-10-5-11-22-16-9-3-2-8-15(16)18/h2-4,6-9,12H,5,10-11H2,1H3. The van der Waals surface area contributed by atoms with Crippen molar-refractivity contribution < 1.29 is 13.2 Å². The van der Waals surface area contributed by atoms with E-state index in [-0.39, 0.29) is 10.8 Å². The van der Waals surface area contributed by atoms with E-state index in [9.17, 15) is 13.2 Å². The fraction of sp³-hybridized carbons (Fsp3) is 0.235. The van der Waals surface area contributed by atoms with Gasteiger partial charge in [0, 0.05) is 23.3 Å². The smallest absolute Gasteiger partial charge is 0.258 e. The summed E-state index contributed by atoms with van der Waals surface area (Å²) in [6, 6.07) is 14.1. The van der Waals surface area contributed by atoms with Crippen molar-refractivity contribution in [2.75, 3.05) is 23.5 Å². The normalized spacial score (nSPS) is 14.9. The largest absolute Gasteiger partial charge is 0.307 e. The summed E-state index contributed by atoms with van der Waals surface area (Å²) in [5.41, 5.74) is 1.29. The SMILES string of the molecule is CS(=O)(=O)c1cccc(C(=O)N2CCCSc3ccccc32)c1. The topological polar surface area (TPSA) is 54.5 Å². The second-order valence-electron chi connectivity index (χ2n) is 5.43. The van der Waals surface area contributed by atoms with Crippen LogP contribution in [0, 0.1) is 0 Å². The molecule has 0 aromatic heterocycles. The van der Waals surface area contributed by atoms with Gasteiger partial charge >= 0.3 is 0 Å². The first kappa shape index (κ1) is 16.1. The van der Waals surface area contributed by atoms with Crippen LogP contribution in [0.1, 0.15) is 16.8 Å². The lowest BCUT2D eigenvalue weighted by molar-refractivity contribution is 0.0986. The van der Waals surface area contributed by atoms with Gasteiger partial charge in [0.1, 0.15) is 0 Å². The van der Waals surface area contributed by atoms with Crippen molar-refractivity contribution in [2.45, 2.75) is 16.2 Å². The number of carbonyl (C=O) groups excluding carboxylic acids is 1. The molecule has 0 spiro atoms. The molecule has 0 radical (unpaired) electrons. The third kappa shape index (κ3) is 3.43. The van der Waals surface area contributed by atoms with Gasteiger partial charge in [0.15, 0.2) is 9.84 Å². The number of hydrogen-bond donors (Lipinski definition) is 0. The minimum atomic E-state index is -3.33. The first-order chi connectivity index (χ1) is 11.0. The van der Waals surface area contributed by atoms with Gasteiger partial charge in [-0.1, -0.05) is 18.2 Å². The van der Waals surface area contributed by atoms with Gasteiger partial charge in [-0.3, -0.25) is 4.79 Å². The molecular weight excluding hydrogens is 330 g/mol. The van der Waals surface area contributed by atoms with Gasteiger partial charge in [-0.2, -0.15) is 0 Å². The van der Waals surface area contributed by atoms with Crippen molar-refractivity contribution >= 4 is 33.2 Å². The first-order valence-corrected chi connectivity index (χ1v) is 10.2. The van der Waals surface area contributed by atoms with E-state index in [1.54, 1.807) is 28.8 Å². The van der Waals surface area contributed by atoms with Crippen molar-refractivity contribution in [3.8, 4) is 0 Å². The molecule has 0 saturated heterocycles. The van der Waals surface area contributed by atoms with Crippen LogP contribution in [0.25, 0.3) is 0 Å². The summed E-state index contributed by atoms with van der Waals surface area (Å²) in [4.78, 5) is 15.9. The molecule has 1 aliphatic heterocycles. The fourth-order valence-electron chi connectivity index (χ4n) is 2.55. The van der Waals surface area contributed by atoms with E-state index < -0.39 is 9.84 Å². The molecule has 0 fully saturated rings. The van der Waals surface area contributed by atoms with Crippen LogP contribution in [0.3, 0.4) is 0 Å². The highest BCUT2D eigenvalue weighted by Crippen LogP contribution is 2.34. The Balaban J connectivity index is 2.01. The van der Waals surface area contributed by atoms with Gasteiger partial charge in [-0.15, -0.1) is 11.8 Å². The molecule has 0 atom stereocenters. The fourth-order valence-corrected chi connectivity index (χ4v) is 4.22. The third-order valence-electron chi connectivity index (χ3n) is 3.69. The van der Waals surface area contributed by atoms with Gasteiger partial charge in [-0.05, 0) is 42.5 Å². The van der Waals surface area contributed by atoms with Crippen LogP contribution in [0.15, 0.2) is 58.3 Å². The number of thioether (sulfide) groups is 1. The number of nitrogens with zero attached hydrogens (tertiary/aromatic N) is 1. The predicted octanol–water partition coefficient (Wildman–Crippen LogP) is 3.23. The summed E-state index contributed by atoms with van der Waals surface area (Å²) >= 11 is 1.74. The van der Waals surface area contributed by atoms with Crippen LogP contribution in [0.5, 0.6) is 0 Å². The second kappa shape index (κ2) is 6.37. The Morgan fingerprint density at radius 2 is 1.91 bits per heavy atom. The highest BCUT2D eigenvalue weighted by molar-refractivity contribution is 7.99. The summed E-state index contributed by atoms with van der Waals surface area (Å²) in [5, 5.41) is 0. The Morgan fingerprint density at radius 1 is 1.13 bits per heavy atom. The van der Waals surface area contributed by atoms with Crippen molar-refractivity contribution in [1.29, 1.82) is 0 Å². The van der Waals surface area contributed by atoms with E-state index in [4.69, 9.17) is 0 Å². The number of fused-ring (bicyclic) bond motifs is 1. The molecule has 3 rings (SSSR count). The van der Waals surface area contributed by atoms with Crippen LogP contribution >= 0.6 is 11.8 Å². The lowest BCUT2D eigenvalue weighted by Crippen LogP contribution is -2.31. The van der Waals surface area contributed by atoms with Crippen LogP contribution in [-0.4, -0.2) is 32.9 Å². The average molecular weight is 347 g/mol. The van der Waals surface area contributed by atoms with E-state index in [0.717, 1.165) is 29.0 Å². The summed E-state index contributed by atoms with van der Waals surface area (Å²) in [5.74, 6) is 0.801.